The third-order valence-corrected chi connectivity index (χ3v) is 4.83. The highest BCUT2D eigenvalue weighted by molar-refractivity contribution is 14.0. The van der Waals surface area contributed by atoms with Crippen LogP contribution in [0.5, 0.6) is 5.75 Å². The van der Waals surface area contributed by atoms with E-state index >= 15 is 0 Å². The van der Waals surface area contributed by atoms with Crippen molar-refractivity contribution in [3.05, 3.63) is 29.8 Å². The molecule has 1 aliphatic rings. The van der Waals surface area contributed by atoms with Crippen molar-refractivity contribution >= 4 is 29.9 Å². The molecule has 7 heteroatoms. The molecule has 1 aliphatic heterocycles. The number of ether oxygens (including phenoxy) is 2. The van der Waals surface area contributed by atoms with Crippen molar-refractivity contribution in [3.8, 4) is 5.75 Å². The summed E-state index contributed by atoms with van der Waals surface area (Å²) in [6, 6.07) is 8.67. The van der Waals surface area contributed by atoms with E-state index in [2.05, 4.69) is 46.5 Å². The highest BCUT2D eigenvalue weighted by Crippen LogP contribution is 2.13. The Balaban J connectivity index is 0.00000364. The minimum Gasteiger partial charge on any atom is -0.497 e. The number of hydrogen-bond acceptors (Lipinski definition) is 4. The van der Waals surface area contributed by atoms with Gasteiger partial charge in [0, 0.05) is 39.3 Å². The summed E-state index contributed by atoms with van der Waals surface area (Å²) in [6.45, 7) is 9.95. The summed E-state index contributed by atoms with van der Waals surface area (Å²) < 4.78 is 10.8. The second kappa shape index (κ2) is 13.2. The minimum atomic E-state index is 0. The van der Waals surface area contributed by atoms with Gasteiger partial charge in [0.25, 0.3) is 0 Å². The van der Waals surface area contributed by atoms with Gasteiger partial charge >= 0.3 is 0 Å². The largest absolute Gasteiger partial charge is 0.497 e. The van der Waals surface area contributed by atoms with E-state index in [1.54, 1.807) is 7.11 Å². The van der Waals surface area contributed by atoms with Crippen LogP contribution in [-0.4, -0.2) is 70.5 Å². The van der Waals surface area contributed by atoms with Gasteiger partial charge in [-0.25, -0.2) is 0 Å². The molecule has 6 nitrogen and oxygen atoms in total. The first kappa shape index (κ1) is 24.0. The number of rotatable bonds is 8. The van der Waals surface area contributed by atoms with Crippen LogP contribution in [0, 0.1) is 5.92 Å². The van der Waals surface area contributed by atoms with Gasteiger partial charge in [-0.05, 0) is 30.0 Å². The molecule has 2 N–H and O–H groups in total. The van der Waals surface area contributed by atoms with Gasteiger partial charge in [0.1, 0.15) is 5.75 Å². The lowest BCUT2D eigenvalue weighted by Crippen LogP contribution is -2.52. The number of aliphatic imine (C=N–C) groups is 1. The molecule has 1 aromatic rings. The van der Waals surface area contributed by atoms with Crippen molar-refractivity contribution in [2.45, 2.75) is 26.3 Å². The van der Waals surface area contributed by atoms with E-state index in [0.717, 1.165) is 57.5 Å². The maximum atomic E-state index is 5.48. The molecular weight excluding hydrogens is 455 g/mol. The highest BCUT2D eigenvalue weighted by Gasteiger charge is 2.23. The Bertz CT molecular complexity index is 563. The van der Waals surface area contributed by atoms with E-state index < -0.39 is 0 Å². The van der Waals surface area contributed by atoms with Crippen molar-refractivity contribution < 1.29 is 9.47 Å². The number of methoxy groups -OCH3 is 1. The molecule has 1 saturated heterocycles. The molecule has 2 rings (SSSR count). The number of halogens is 1. The first-order valence-electron chi connectivity index (χ1n) is 9.53. The Morgan fingerprint density at radius 3 is 2.63 bits per heavy atom. The molecule has 0 aromatic heterocycles. The molecule has 1 atom stereocenters. The predicted octanol–water partition coefficient (Wildman–Crippen LogP) is 2.38. The third-order valence-electron chi connectivity index (χ3n) is 4.83. The molecule has 154 valence electrons. The molecule has 1 aromatic carbocycles. The van der Waals surface area contributed by atoms with Crippen LogP contribution in [0.1, 0.15) is 19.4 Å². The molecule has 1 heterocycles. The van der Waals surface area contributed by atoms with Crippen LogP contribution in [0.4, 0.5) is 0 Å². The maximum absolute atomic E-state index is 5.48. The first-order valence-corrected chi connectivity index (χ1v) is 9.53. The number of nitrogens with one attached hydrogen (secondary N) is 2. The van der Waals surface area contributed by atoms with Gasteiger partial charge in [-0.3, -0.25) is 9.89 Å². The monoisotopic (exact) mass is 490 g/mol. The number of morpholine rings is 1. The van der Waals surface area contributed by atoms with Crippen molar-refractivity contribution in [2.24, 2.45) is 10.9 Å². The smallest absolute Gasteiger partial charge is 0.191 e. The van der Waals surface area contributed by atoms with Crippen LogP contribution in [0.3, 0.4) is 0 Å². The summed E-state index contributed by atoms with van der Waals surface area (Å²) in [4.78, 5) is 6.87. The Hall–Kier alpha value is -1.06. The Kier molecular flexibility index (Phi) is 11.7. The van der Waals surface area contributed by atoms with Crippen LogP contribution in [0.2, 0.25) is 0 Å². The topological polar surface area (TPSA) is 58.1 Å². The molecule has 0 bridgehead atoms. The summed E-state index contributed by atoms with van der Waals surface area (Å²) in [6.07, 6.45) is 0.926. The summed E-state index contributed by atoms with van der Waals surface area (Å²) in [5.74, 6) is 2.33. The summed E-state index contributed by atoms with van der Waals surface area (Å²) in [5.41, 5.74) is 1.25. The minimum absolute atomic E-state index is 0. The van der Waals surface area contributed by atoms with Gasteiger partial charge in [0.2, 0.25) is 0 Å². The Morgan fingerprint density at radius 1 is 1.26 bits per heavy atom. The molecule has 1 unspecified atom stereocenters. The van der Waals surface area contributed by atoms with Crippen LogP contribution < -0.4 is 15.4 Å². The molecule has 0 amide bonds. The van der Waals surface area contributed by atoms with E-state index in [1.165, 1.54) is 5.56 Å². The van der Waals surface area contributed by atoms with Crippen LogP contribution >= 0.6 is 24.0 Å². The number of guanidine groups is 1. The lowest BCUT2D eigenvalue weighted by Gasteiger charge is -2.37. The van der Waals surface area contributed by atoms with Crippen molar-refractivity contribution in [1.29, 1.82) is 0 Å². The van der Waals surface area contributed by atoms with Gasteiger partial charge in [-0.2, -0.15) is 0 Å². The average molecular weight is 490 g/mol. The zero-order valence-electron chi connectivity index (χ0n) is 17.0. The molecule has 0 spiro atoms. The summed E-state index contributed by atoms with van der Waals surface area (Å²) >= 11 is 0. The van der Waals surface area contributed by atoms with Gasteiger partial charge in [-0.15, -0.1) is 24.0 Å². The molecule has 27 heavy (non-hydrogen) atoms. The van der Waals surface area contributed by atoms with E-state index in [4.69, 9.17) is 9.47 Å². The van der Waals surface area contributed by atoms with Gasteiger partial charge in [0.15, 0.2) is 5.96 Å². The average Bonchev–Trinajstić information content (AvgIpc) is 2.67. The van der Waals surface area contributed by atoms with Crippen molar-refractivity contribution in [3.63, 3.8) is 0 Å². The van der Waals surface area contributed by atoms with Gasteiger partial charge in [0.05, 0.1) is 20.3 Å². The van der Waals surface area contributed by atoms with Crippen LogP contribution in [0.15, 0.2) is 29.3 Å². The summed E-state index contributed by atoms with van der Waals surface area (Å²) in [7, 11) is 3.52. The fourth-order valence-corrected chi connectivity index (χ4v) is 3.27. The fraction of sp³-hybridized carbons (Fsp3) is 0.650. The first-order chi connectivity index (χ1) is 12.6. The van der Waals surface area contributed by atoms with Crippen LogP contribution in [-0.2, 0) is 11.2 Å². The Morgan fingerprint density at radius 2 is 2.00 bits per heavy atom. The van der Waals surface area contributed by atoms with Crippen molar-refractivity contribution in [1.82, 2.24) is 15.5 Å². The van der Waals surface area contributed by atoms with E-state index in [0.29, 0.717) is 12.0 Å². The van der Waals surface area contributed by atoms with E-state index in [1.807, 2.05) is 19.2 Å². The van der Waals surface area contributed by atoms with Crippen molar-refractivity contribution in [2.75, 3.05) is 53.6 Å². The quantitative estimate of drug-likeness (QED) is 0.333. The van der Waals surface area contributed by atoms with Gasteiger partial charge < -0.3 is 20.1 Å². The SMILES string of the molecule is CN=C(NCCc1cccc(OC)c1)NCC(C(C)C)N1CCOCC1.I. The zero-order valence-corrected chi connectivity index (χ0v) is 19.4. The Labute approximate surface area is 181 Å². The molecule has 1 fully saturated rings. The lowest BCUT2D eigenvalue weighted by molar-refractivity contribution is 0.00752. The van der Waals surface area contributed by atoms with Crippen LogP contribution in [0.25, 0.3) is 0 Å². The predicted molar refractivity (Wildman–Crippen MR) is 122 cm³/mol. The molecule has 0 saturated carbocycles. The number of benzene rings is 1. The van der Waals surface area contributed by atoms with Gasteiger partial charge in [-0.1, -0.05) is 26.0 Å². The third kappa shape index (κ3) is 8.23. The lowest BCUT2D eigenvalue weighted by atomic mass is 10.0. The zero-order chi connectivity index (χ0) is 18.8. The standard InChI is InChI=1S/C20H34N4O2.HI/c1-16(2)19(24-10-12-26-13-11-24)15-23-20(21-3)22-9-8-17-6-5-7-18(14-17)25-4;/h5-7,14,16,19H,8-13,15H2,1-4H3,(H2,21,22,23);1H. The second-order valence-corrected chi connectivity index (χ2v) is 6.94. The fourth-order valence-electron chi connectivity index (χ4n) is 3.27. The molecule has 0 radical (unpaired) electrons. The second-order valence-electron chi connectivity index (χ2n) is 6.94. The highest BCUT2D eigenvalue weighted by atomic mass is 127. The van der Waals surface area contributed by atoms with E-state index in [9.17, 15) is 0 Å². The maximum Gasteiger partial charge on any atom is 0.191 e. The van der Waals surface area contributed by atoms with E-state index in [-0.39, 0.29) is 24.0 Å². The molecule has 0 aliphatic carbocycles. The number of hydrogen-bond donors (Lipinski definition) is 2. The molecular formula is C20H35IN4O2. The normalized spacial score (nSPS) is 16.6. The number of nitrogens with zero attached hydrogens (tertiary/aromatic N) is 2. The summed E-state index contributed by atoms with van der Waals surface area (Å²) in [5, 5.41) is 6.90.